The Hall–Kier alpha value is -0.610. The van der Waals surface area contributed by atoms with Gasteiger partial charge in [-0.2, -0.15) is 5.90 Å². The highest BCUT2D eigenvalue weighted by Gasteiger charge is 2.14. The van der Waals surface area contributed by atoms with Crippen LogP contribution in [0.2, 0.25) is 0 Å². The van der Waals surface area contributed by atoms with E-state index in [2.05, 4.69) is 10.7 Å². The van der Waals surface area contributed by atoms with Gasteiger partial charge in [0.1, 0.15) is 0 Å². The molecule has 72 valence electrons. The average Bonchev–Trinajstić information content (AvgIpc) is 2.02. The molecule has 1 atom stereocenters. The van der Waals surface area contributed by atoms with Crippen molar-refractivity contribution in [3.8, 4) is 0 Å². The van der Waals surface area contributed by atoms with Crippen LogP contribution in [-0.2, 0) is 9.63 Å². The fourth-order valence-electron chi connectivity index (χ4n) is 1.17. The lowest BCUT2D eigenvalue weighted by atomic mass is 9.95. The van der Waals surface area contributed by atoms with Crippen molar-refractivity contribution in [1.29, 1.82) is 0 Å². The molecule has 12 heavy (non-hydrogen) atoms. The lowest BCUT2D eigenvalue weighted by molar-refractivity contribution is -0.145. The molecule has 0 heterocycles. The van der Waals surface area contributed by atoms with Gasteiger partial charge in [0.15, 0.2) is 0 Å². The van der Waals surface area contributed by atoms with Gasteiger partial charge in [-0.1, -0.05) is 13.8 Å². The first-order chi connectivity index (χ1) is 5.60. The summed E-state index contributed by atoms with van der Waals surface area (Å²) in [6.45, 7) is 4.08. The fourth-order valence-corrected chi connectivity index (χ4v) is 1.17. The van der Waals surface area contributed by atoms with E-state index in [1.54, 1.807) is 0 Å². The summed E-state index contributed by atoms with van der Waals surface area (Å²) in [5, 5.41) is 8.87. The molecule has 0 saturated carbocycles. The first-order valence-corrected chi connectivity index (χ1v) is 4.10. The van der Waals surface area contributed by atoms with Crippen LogP contribution < -0.4 is 5.90 Å². The minimum Gasteiger partial charge on any atom is -0.396 e. The van der Waals surface area contributed by atoms with Gasteiger partial charge in [-0.05, 0) is 18.3 Å². The number of carbonyl (C=O) groups is 1. The van der Waals surface area contributed by atoms with E-state index in [9.17, 15) is 4.79 Å². The lowest BCUT2D eigenvalue weighted by Gasteiger charge is -2.14. The second-order valence-corrected chi connectivity index (χ2v) is 3.37. The Kier molecular flexibility index (Phi) is 5.66. The zero-order chi connectivity index (χ0) is 9.56. The number of nitrogens with two attached hydrogens (primary N) is 1. The third-order valence-electron chi connectivity index (χ3n) is 1.65. The summed E-state index contributed by atoms with van der Waals surface area (Å²) in [6, 6.07) is 0. The molecule has 4 heteroatoms. The quantitative estimate of drug-likeness (QED) is 0.595. The van der Waals surface area contributed by atoms with E-state index in [-0.39, 0.29) is 18.9 Å². The van der Waals surface area contributed by atoms with Crippen LogP contribution in [0.25, 0.3) is 0 Å². The number of carbonyl (C=O) groups excluding carboxylic acids is 1. The van der Waals surface area contributed by atoms with Crippen molar-refractivity contribution in [2.75, 3.05) is 6.61 Å². The monoisotopic (exact) mass is 175 g/mol. The molecule has 0 spiro atoms. The maximum Gasteiger partial charge on any atom is 0.324 e. The van der Waals surface area contributed by atoms with Crippen LogP contribution in [0, 0.1) is 11.8 Å². The molecule has 0 unspecified atom stereocenters. The van der Waals surface area contributed by atoms with E-state index in [0.29, 0.717) is 5.92 Å². The molecule has 0 aromatic heterocycles. The van der Waals surface area contributed by atoms with E-state index in [1.807, 2.05) is 13.8 Å². The summed E-state index contributed by atoms with van der Waals surface area (Å²) < 4.78 is 0. The van der Waals surface area contributed by atoms with Crippen molar-refractivity contribution in [1.82, 2.24) is 0 Å². The molecule has 0 rings (SSSR count). The van der Waals surface area contributed by atoms with Crippen LogP contribution in [0.1, 0.15) is 26.7 Å². The van der Waals surface area contributed by atoms with Crippen LogP contribution in [0.3, 0.4) is 0 Å². The number of hydrogen-bond acceptors (Lipinski definition) is 4. The average molecular weight is 175 g/mol. The van der Waals surface area contributed by atoms with Crippen LogP contribution in [0.4, 0.5) is 0 Å². The normalized spacial score (nSPS) is 13.1. The number of aliphatic hydroxyl groups is 1. The molecule has 0 saturated heterocycles. The largest absolute Gasteiger partial charge is 0.396 e. The highest BCUT2D eigenvalue weighted by molar-refractivity contribution is 5.69. The van der Waals surface area contributed by atoms with Crippen molar-refractivity contribution in [3.05, 3.63) is 0 Å². The number of rotatable bonds is 5. The fraction of sp³-hybridized carbons (Fsp3) is 0.875. The summed E-state index contributed by atoms with van der Waals surface area (Å²) in [7, 11) is 0. The van der Waals surface area contributed by atoms with Crippen LogP contribution in [-0.4, -0.2) is 17.7 Å². The summed E-state index contributed by atoms with van der Waals surface area (Å²) in [6.07, 6.45) is 1.01. The van der Waals surface area contributed by atoms with Crippen molar-refractivity contribution in [2.24, 2.45) is 17.7 Å². The molecule has 0 aliphatic heterocycles. The Morgan fingerprint density at radius 3 is 2.50 bits per heavy atom. The molecule has 0 aliphatic rings. The molecule has 0 aromatic carbocycles. The molecule has 0 aromatic rings. The van der Waals surface area contributed by atoms with Crippen molar-refractivity contribution in [2.45, 2.75) is 26.7 Å². The molecular formula is C8H17NO3. The molecule has 0 fully saturated rings. The summed E-state index contributed by atoms with van der Waals surface area (Å²) in [5.41, 5.74) is 0. The van der Waals surface area contributed by atoms with Crippen molar-refractivity contribution >= 4 is 5.97 Å². The van der Waals surface area contributed by atoms with Crippen LogP contribution in [0.15, 0.2) is 0 Å². The Morgan fingerprint density at radius 2 is 2.17 bits per heavy atom. The molecule has 0 bridgehead atoms. The van der Waals surface area contributed by atoms with E-state index in [4.69, 9.17) is 5.11 Å². The molecular weight excluding hydrogens is 158 g/mol. The number of hydrogen-bond donors (Lipinski definition) is 2. The van der Waals surface area contributed by atoms with E-state index in [0.717, 1.165) is 6.42 Å². The Labute approximate surface area is 72.7 Å². The Balaban J connectivity index is 3.74. The van der Waals surface area contributed by atoms with Gasteiger partial charge >= 0.3 is 5.97 Å². The minimum atomic E-state index is -0.463. The van der Waals surface area contributed by atoms with Crippen molar-refractivity contribution in [3.63, 3.8) is 0 Å². The summed E-state index contributed by atoms with van der Waals surface area (Å²) in [4.78, 5) is 14.7. The van der Waals surface area contributed by atoms with Gasteiger partial charge in [0.2, 0.25) is 0 Å². The third kappa shape index (κ3) is 5.09. The van der Waals surface area contributed by atoms with Crippen LogP contribution in [0.5, 0.6) is 0 Å². The van der Waals surface area contributed by atoms with Crippen molar-refractivity contribution < 1.29 is 14.7 Å². The van der Waals surface area contributed by atoms with E-state index >= 15 is 0 Å². The van der Waals surface area contributed by atoms with Gasteiger partial charge in [0.25, 0.3) is 0 Å². The van der Waals surface area contributed by atoms with Crippen LogP contribution >= 0.6 is 0 Å². The molecule has 4 nitrogen and oxygen atoms in total. The molecule has 0 radical (unpaired) electrons. The highest BCUT2D eigenvalue weighted by atomic mass is 16.7. The summed E-state index contributed by atoms with van der Waals surface area (Å²) >= 11 is 0. The SMILES string of the molecule is CC(C)C[C@@H](CO)CC(=O)ON. The highest BCUT2D eigenvalue weighted by Crippen LogP contribution is 2.14. The van der Waals surface area contributed by atoms with Gasteiger partial charge in [-0.25, -0.2) is 0 Å². The second kappa shape index (κ2) is 5.97. The van der Waals surface area contributed by atoms with Gasteiger partial charge in [-0.3, -0.25) is 4.79 Å². The topological polar surface area (TPSA) is 72.5 Å². The van der Waals surface area contributed by atoms with Gasteiger partial charge < -0.3 is 9.94 Å². The van der Waals surface area contributed by atoms with E-state index in [1.165, 1.54) is 0 Å². The predicted molar refractivity (Wildman–Crippen MR) is 44.9 cm³/mol. The maximum absolute atomic E-state index is 10.7. The first kappa shape index (κ1) is 11.4. The Morgan fingerprint density at radius 1 is 1.58 bits per heavy atom. The predicted octanol–water partition coefficient (Wildman–Crippen LogP) is 0.448. The zero-order valence-corrected chi connectivity index (χ0v) is 7.62. The molecule has 0 aliphatic carbocycles. The summed E-state index contributed by atoms with van der Waals surface area (Å²) in [5.74, 6) is 4.65. The standard InChI is InChI=1S/C8H17NO3/c1-6(2)3-7(5-10)4-8(11)12-9/h6-7,10H,3-5,9H2,1-2H3/t7-/m1/s1. The second-order valence-electron chi connectivity index (χ2n) is 3.37. The minimum absolute atomic E-state index is 0.00722. The van der Waals surface area contributed by atoms with Gasteiger partial charge in [0, 0.05) is 6.61 Å². The molecule has 3 N–H and O–H groups in total. The Bertz CT molecular complexity index is 136. The zero-order valence-electron chi connectivity index (χ0n) is 7.62. The first-order valence-electron chi connectivity index (χ1n) is 4.10. The lowest BCUT2D eigenvalue weighted by Crippen LogP contribution is -2.18. The van der Waals surface area contributed by atoms with Gasteiger partial charge in [0.05, 0.1) is 6.42 Å². The number of aliphatic hydroxyl groups excluding tert-OH is 1. The smallest absolute Gasteiger partial charge is 0.324 e. The van der Waals surface area contributed by atoms with E-state index < -0.39 is 5.97 Å². The third-order valence-corrected chi connectivity index (χ3v) is 1.65. The van der Waals surface area contributed by atoms with Gasteiger partial charge in [-0.15, -0.1) is 0 Å². The maximum atomic E-state index is 10.7. The molecule has 0 amide bonds.